The lowest BCUT2D eigenvalue weighted by molar-refractivity contribution is -0.163. The van der Waals surface area contributed by atoms with Gasteiger partial charge in [-0.3, -0.25) is 14.4 Å². The van der Waals surface area contributed by atoms with Crippen molar-refractivity contribution < 1.29 is 39.3 Å². The summed E-state index contributed by atoms with van der Waals surface area (Å²) in [6.45, 7) is 5.05. The first-order valence-electron chi connectivity index (χ1n) is 11.7. The molecular formula is C24H28N4O8S. The maximum atomic E-state index is 12.9. The van der Waals surface area contributed by atoms with Crippen LogP contribution in [-0.2, 0) is 19.2 Å². The Bertz CT molecular complexity index is 1220. The van der Waals surface area contributed by atoms with Gasteiger partial charge in [0.15, 0.2) is 0 Å². The molecular weight excluding hydrogens is 504 g/mol. The van der Waals surface area contributed by atoms with Gasteiger partial charge in [-0.2, -0.15) is 0 Å². The quantitative estimate of drug-likeness (QED) is 0.263. The summed E-state index contributed by atoms with van der Waals surface area (Å²) in [7, 11) is 0. The first-order chi connectivity index (χ1) is 17.4. The van der Waals surface area contributed by atoms with Crippen molar-refractivity contribution in [2.45, 2.75) is 50.6 Å². The third-order valence-electron chi connectivity index (χ3n) is 6.84. The topological polar surface area (TPSA) is 185 Å². The molecule has 1 aromatic rings. The number of β-lactam (4-membered cyclic amide) rings is 1. The van der Waals surface area contributed by atoms with Crippen molar-refractivity contribution in [3.63, 3.8) is 0 Å². The fraction of sp³-hybridized carbons (Fsp3) is 0.458. The van der Waals surface area contributed by atoms with Gasteiger partial charge >= 0.3 is 11.9 Å². The highest BCUT2D eigenvalue weighted by atomic mass is 32.2. The number of hydrogen-bond acceptors (Lipinski definition) is 8. The van der Waals surface area contributed by atoms with Crippen molar-refractivity contribution in [3.05, 3.63) is 34.4 Å². The van der Waals surface area contributed by atoms with E-state index in [0.717, 1.165) is 0 Å². The summed E-state index contributed by atoms with van der Waals surface area (Å²) in [6.07, 6.45) is -0.501. The van der Waals surface area contributed by atoms with Crippen molar-refractivity contribution in [2.75, 3.05) is 17.2 Å². The first-order valence-corrected chi connectivity index (χ1v) is 12.6. The largest absolute Gasteiger partial charge is 0.478 e. The van der Waals surface area contributed by atoms with Crippen molar-refractivity contribution >= 4 is 52.8 Å². The summed E-state index contributed by atoms with van der Waals surface area (Å²) < 4.78 is 0. The zero-order chi connectivity index (χ0) is 27.2. The monoisotopic (exact) mass is 532 g/mol. The summed E-state index contributed by atoms with van der Waals surface area (Å²) in [4.78, 5) is 62.1. The van der Waals surface area contributed by atoms with Crippen LogP contribution < -0.4 is 16.0 Å². The van der Waals surface area contributed by atoms with Gasteiger partial charge in [0, 0.05) is 35.2 Å². The zero-order valence-electron chi connectivity index (χ0n) is 20.3. The highest BCUT2D eigenvalue weighted by Crippen LogP contribution is 2.51. The van der Waals surface area contributed by atoms with Crippen LogP contribution in [0.3, 0.4) is 0 Å². The summed E-state index contributed by atoms with van der Waals surface area (Å²) >= 11 is 1.33. The van der Waals surface area contributed by atoms with E-state index in [-0.39, 0.29) is 39.7 Å². The van der Waals surface area contributed by atoms with Gasteiger partial charge in [0.25, 0.3) is 0 Å². The van der Waals surface area contributed by atoms with Crippen LogP contribution in [0.15, 0.2) is 28.8 Å². The smallest absolute Gasteiger partial charge is 0.353 e. The van der Waals surface area contributed by atoms with Crippen LogP contribution in [0.25, 0.3) is 0 Å². The van der Waals surface area contributed by atoms with E-state index in [1.807, 2.05) is 6.92 Å². The minimum atomic E-state index is -1.26. The number of rotatable bonds is 8. The van der Waals surface area contributed by atoms with E-state index in [4.69, 9.17) is 0 Å². The second-order valence-electron chi connectivity index (χ2n) is 9.44. The van der Waals surface area contributed by atoms with Gasteiger partial charge < -0.3 is 36.2 Å². The Kier molecular flexibility index (Phi) is 7.31. The minimum Gasteiger partial charge on any atom is -0.478 e. The van der Waals surface area contributed by atoms with E-state index in [2.05, 4.69) is 16.0 Å². The van der Waals surface area contributed by atoms with Crippen LogP contribution in [0.5, 0.6) is 0 Å². The number of fused-ring (bicyclic) bond motifs is 1. The number of benzene rings is 1. The number of hydrogen-bond donors (Lipinski definition) is 6. The standard InChI is InChI=1S/C24H28N4O8S/c1-9-18-17(10(2)29)22(32)28(18)19(24(35)36)20(9)37-13-7-16(25-8-13)21(31)27-12-4-5-15(26-11(3)30)14(6-12)23(33)34/h4-6,9-10,13,16-18,25,29H,7-8H2,1-3H3,(H,26,30)(H,27,31)(H,33,34)(H,35,36). The zero-order valence-corrected chi connectivity index (χ0v) is 21.2. The highest BCUT2D eigenvalue weighted by Gasteiger charge is 2.60. The first kappa shape index (κ1) is 26.6. The molecule has 198 valence electrons. The van der Waals surface area contributed by atoms with Gasteiger partial charge in [0.2, 0.25) is 17.7 Å². The van der Waals surface area contributed by atoms with Crippen LogP contribution in [0.2, 0.25) is 0 Å². The maximum Gasteiger partial charge on any atom is 0.353 e. The lowest BCUT2D eigenvalue weighted by Crippen LogP contribution is -2.63. The van der Waals surface area contributed by atoms with Gasteiger partial charge in [0.05, 0.1) is 35.4 Å². The molecule has 0 radical (unpaired) electrons. The normalized spacial score (nSPS) is 27.4. The number of anilines is 2. The van der Waals surface area contributed by atoms with E-state index in [0.29, 0.717) is 17.9 Å². The molecule has 1 aromatic carbocycles. The third kappa shape index (κ3) is 4.93. The number of aliphatic carboxylic acids is 1. The number of aliphatic hydroxyl groups excluding tert-OH is 1. The van der Waals surface area contributed by atoms with Crippen LogP contribution in [0, 0.1) is 11.8 Å². The molecule has 3 aliphatic heterocycles. The molecule has 0 bridgehead atoms. The van der Waals surface area contributed by atoms with Crippen LogP contribution in [-0.4, -0.2) is 79.9 Å². The third-order valence-corrected chi connectivity index (χ3v) is 8.35. The van der Waals surface area contributed by atoms with Gasteiger partial charge in [-0.25, -0.2) is 9.59 Å². The Morgan fingerprint density at radius 2 is 1.86 bits per heavy atom. The van der Waals surface area contributed by atoms with Gasteiger partial charge in [-0.1, -0.05) is 6.92 Å². The average Bonchev–Trinajstić information content (AvgIpc) is 3.36. The number of carboxylic acids is 2. The fourth-order valence-electron chi connectivity index (χ4n) is 5.18. The van der Waals surface area contributed by atoms with Crippen LogP contribution in [0.4, 0.5) is 11.4 Å². The molecule has 3 amide bonds. The molecule has 3 heterocycles. The summed E-state index contributed by atoms with van der Waals surface area (Å²) in [5.41, 5.74) is 0.140. The van der Waals surface area contributed by atoms with Gasteiger partial charge in [0.1, 0.15) is 5.70 Å². The fourth-order valence-corrected chi connectivity index (χ4v) is 6.66. The number of carboxylic acid groups (broad SMARTS) is 2. The molecule has 6 N–H and O–H groups in total. The second-order valence-corrected chi connectivity index (χ2v) is 10.8. The van der Waals surface area contributed by atoms with Crippen molar-refractivity contribution in [3.8, 4) is 0 Å². The molecule has 0 spiro atoms. The summed E-state index contributed by atoms with van der Waals surface area (Å²) in [6, 6.07) is 3.14. The lowest BCUT2D eigenvalue weighted by atomic mass is 9.79. The van der Waals surface area contributed by atoms with Crippen molar-refractivity contribution in [1.29, 1.82) is 0 Å². The number of carbonyl (C=O) groups is 5. The Morgan fingerprint density at radius 1 is 1.16 bits per heavy atom. The summed E-state index contributed by atoms with van der Waals surface area (Å²) in [5.74, 6) is -4.57. The Morgan fingerprint density at radius 3 is 2.46 bits per heavy atom. The Labute approximate surface area is 216 Å². The molecule has 0 aliphatic carbocycles. The number of amides is 3. The number of nitrogens with one attached hydrogen (secondary N) is 3. The Balaban J connectivity index is 1.43. The van der Waals surface area contributed by atoms with Crippen LogP contribution >= 0.6 is 11.8 Å². The van der Waals surface area contributed by atoms with E-state index in [9.17, 15) is 39.3 Å². The predicted molar refractivity (Wildman–Crippen MR) is 134 cm³/mol. The SMILES string of the molecule is CC(=O)Nc1ccc(NC(=O)C2CC(SC3=C(C(=O)O)N4C(=O)C(C(C)O)C4C3C)CN2)cc1C(=O)O. The minimum absolute atomic E-state index is 0.0576. The molecule has 6 unspecified atom stereocenters. The molecule has 2 fully saturated rings. The predicted octanol–water partition coefficient (Wildman–Crippen LogP) is 0.899. The number of aliphatic hydroxyl groups is 1. The molecule has 12 nitrogen and oxygen atoms in total. The Hall–Kier alpha value is -3.42. The highest BCUT2D eigenvalue weighted by molar-refractivity contribution is 8.03. The van der Waals surface area contributed by atoms with E-state index in [1.54, 1.807) is 0 Å². The number of nitrogens with zero attached hydrogens (tertiary/aromatic N) is 1. The molecule has 0 saturated carbocycles. The molecule has 13 heteroatoms. The molecule has 37 heavy (non-hydrogen) atoms. The molecule has 6 atom stereocenters. The number of carbonyl (C=O) groups excluding carboxylic acids is 3. The molecule has 3 aliphatic rings. The van der Waals surface area contributed by atoms with E-state index >= 15 is 0 Å². The second kappa shape index (κ2) is 10.1. The van der Waals surface area contributed by atoms with Crippen molar-refractivity contribution in [1.82, 2.24) is 10.2 Å². The van der Waals surface area contributed by atoms with Gasteiger partial charge in [-0.05, 0) is 31.5 Å². The molecule has 2 saturated heterocycles. The van der Waals surface area contributed by atoms with Crippen LogP contribution in [0.1, 0.15) is 37.6 Å². The molecule has 0 aromatic heterocycles. The van der Waals surface area contributed by atoms with E-state index < -0.39 is 47.9 Å². The number of aromatic carboxylic acids is 1. The van der Waals surface area contributed by atoms with E-state index in [1.165, 1.54) is 48.7 Å². The van der Waals surface area contributed by atoms with Gasteiger partial charge in [-0.15, -0.1) is 11.8 Å². The molecule has 4 rings (SSSR count). The average molecular weight is 533 g/mol. The summed E-state index contributed by atoms with van der Waals surface area (Å²) in [5, 5.41) is 37.3. The van der Waals surface area contributed by atoms with Crippen molar-refractivity contribution in [2.24, 2.45) is 11.8 Å². The number of thioether (sulfide) groups is 1. The maximum absolute atomic E-state index is 12.9. The lowest BCUT2D eigenvalue weighted by Gasteiger charge is -2.46.